The average Bonchev–Trinajstić information content (AvgIpc) is 3.18. The lowest BCUT2D eigenvalue weighted by Crippen LogP contribution is -2.40. The fraction of sp³-hybridized carbons (Fsp3) is 0.318. The molecule has 160 valence electrons. The summed E-state index contributed by atoms with van der Waals surface area (Å²) in [6.45, 7) is 4.85. The van der Waals surface area contributed by atoms with Gasteiger partial charge in [-0.2, -0.15) is 5.10 Å². The smallest absolute Gasteiger partial charge is 0.256 e. The van der Waals surface area contributed by atoms with E-state index < -0.39 is 0 Å². The van der Waals surface area contributed by atoms with E-state index in [0.29, 0.717) is 30.2 Å². The van der Waals surface area contributed by atoms with Crippen molar-refractivity contribution in [3.8, 4) is 0 Å². The first-order valence-corrected chi connectivity index (χ1v) is 10.1. The summed E-state index contributed by atoms with van der Waals surface area (Å²) in [6, 6.07) is 7.29. The quantitative estimate of drug-likeness (QED) is 0.658. The van der Waals surface area contributed by atoms with Crippen LogP contribution < -0.4 is 10.2 Å². The Bertz CT molecular complexity index is 1090. The summed E-state index contributed by atoms with van der Waals surface area (Å²) >= 11 is 0. The number of aryl methyl sites for hydroxylation is 1. The molecule has 0 fully saturated rings. The number of hydrogen-bond donors (Lipinski definition) is 1. The van der Waals surface area contributed by atoms with E-state index >= 15 is 0 Å². The van der Waals surface area contributed by atoms with E-state index in [2.05, 4.69) is 20.4 Å². The van der Waals surface area contributed by atoms with Gasteiger partial charge in [-0.3, -0.25) is 19.3 Å². The number of rotatable bonds is 6. The number of aromatic nitrogens is 4. The van der Waals surface area contributed by atoms with Gasteiger partial charge in [0.05, 0.1) is 36.2 Å². The molecular formula is C22H25N7O2. The minimum Gasteiger partial charge on any atom is -0.359 e. The Labute approximate surface area is 180 Å². The molecule has 0 unspecified atom stereocenters. The molecule has 0 spiro atoms. The normalized spacial score (nSPS) is 13.2. The second-order valence-corrected chi connectivity index (χ2v) is 7.80. The van der Waals surface area contributed by atoms with Crippen LogP contribution in [0.25, 0.3) is 0 Å². The average molecular weight is 419 g/mol. The van der Waals surface area contributed by atoms with Gasteiger partial charge in [0.2, 0.25) is 5.91 Å². The first kappa shape index (κ1) is 20.5. The molecule has 3 aromatic rings. The number of carbonyl (C=O) groups is 2. The van der Waals surface area contributed by atoms with E-state index in [1.807, 2.05) is 45.3 Å². The van der Waals surface area contributed by atoms with Gasteiger partial charge in [0.1, 0.15) is 0 Å². The van der Waals surface area contributed by atoms with E-state index in [1.54, 1.807) is 39.1 Å². The van der Waals surface area contributed by atoms with Crippen molar-refractivity contribution >= 4 is 23.3 Å². The first-order valence-electron chi connectivity index (χ1n) is 10.1. The molecule has 31 heavy (non-hydrogen) atoms. The summed E-state index contributed by atoms with van der Waals surface area (Å²) in [4.78, 5) is 38.1. The predicted octanol–water partition coefficient (Wildman–Crippen LogP) is 2.22. The van der Waals surface area contributed by atoms with Gasteiger partial charge in [-0.15, -0.1) is 0 Å². The first-order chi connectivity index (χ1) is 14.9. The summed E-state index contributed by atoms with van der Waals surface area (Å²) in [7, 11) is 1.85. The highest BCUT2D eigenvalue weighted by Crippen LogP contribution is 2.30. The van der Waals surface area contributed by atoms with Gasteiger partial charge in [-0.25, -0.2) is 4.98 Å². The molecule has 0 saturated carbocycles. The molecule has 0 saturated heterocycles. The molecule has 2 amide bonds. The molecule has 1 N–H and O–H groups in total. The van der Waals surface area contributed by atoms with Gasteiger partial charge in [-0.05, 0) is 32.0 Å². The van der Waals surface area contributed by atoms with Gasteiger partial charge < -0.3 is 15.1 Å². The fourth-order valence-corrected chi connectivity index (χ4v) is 3.53. The van der Waals surface area contributed by atoms with E-state index in [4.69, 9.17) is 0 Å². The highest BCUT2D eigenvalue weighted by atomic mass is 16.2. The van der Waals surface area contributed by atoms with Crippen molar-refractivity contribution in [1.82, 2.24) is 24.6 Å². The van der Waals surface area contributed by atoms with Crippen LogP contribution in [0.15, 0.2) is 49.1 Å². The van der Waals surface area contributed by atoms with E-state index in [9.17, 15) is 9.59 Å². The number of hydrogen-bond acceptors (Lipinski definition) is 6. The van der Waals surface area contributed by atoms with Gasteiger partial charge in [0.25, 0.3) is 5.91 Å². The van der Waals surface area contributed by atoms with Crippen molar-refractivity contribution in [2.45, 2.75) is 33.0 Å². The van der Waals surface area contributed by atoms with Crippen LogP contribution in [0, 0.1) is 0 Å². The number of carbonyl (C=O) groups excluding carboxylic acids is 2. The number of anilines is 2. The van der Waals surface area contributed by atoms with Crippen LogP contribution in [0.2, 0.25) is 0 Å². The topological polar surface area (TPSA) is 96.2 Å². The largest absolute Gasteiger partial charge is 0.359 e. The molecule has 9 nitrogen and oxygen atoms in total. The maximum Gasteiger partial charge on any atom is 0.256 e. The third-order valence-electron chi connectivity index (χ3n) is 5.16. The minimum atomic E-state index is -0.148. The Morgan fingerprint density at radius 1 is 1.26 bits per heavy atom. The van der Waals surface area contributed by atoms with Gasteiger partial charge in [0.15, 0.2) is 5.82 Å². The number of fused-ring (bicyclic) bond motifs is 1. The fourth-order valence-electron chi connectivity index (χ4n) is 3.53. The van der Waals surface area contributed by atoms with Crippen molar-refractivity contribution in [3.05, 3.63) is 65.9 Å². The standard InChI is InChI=1S/C22H25N7O2/c1-15(2)28(13-16-9-26-27(3)12-16)22(31)17-8-19-21(24-10-17)25-11-20(30)29(19)14-18-6-4-5-7-23-18/h4-10,12,15H,11,13-14H2,1-3H3,(H,24,25). The minimum absolute atomic E-state index is 0.0203. The Kier molecular flexibility index (Phi) is 5.66. The summed E-state index contributed by atoms with van der Waals surface area (Å²) in [5.41, 5.74) is 2.72. The van der Waals surface area contributed by atoms with Crippen LogP contribution in [0.1, 0.15) is 35.5 Å². The molecule has 0 atom stereocenters. The zero-order chi connectivity index (χ0) is 22.0. The molecule has 4 heterocycles. The second kappa shape index (κ2) is 8.55. The molecule has 0 aromatic carbocycles. The van der Waals surface area contributed by atoms with E-state index in [-0.39, 0.29) is 24.4 Å². The Hall–Kier alpha value is -3.75. The lowest BCUT2D eigenvalue weighted by molar-refractivity contribution is -0.117. The zero-order valence-electron chi connectivity index (χ0n) is 17.8. The molecule has 0 bridgehead atoms. The predicted molar refractivity (Wildman–Crippen MR) is 116 cm³/mol. The van der Waals surface area contributed by atoms with Crippen molar-refractivity contribution in [2.24, 2.45) is 7.05 Å². The Balaban J connectivity index is 1.63. The summed E-state index contributed by atoms with van der Waals surface area (Å²) < 4.78 is 1.71. The van der Waals surface area contributed by atoms with Gasteiger partial charge in [-0.1, -0.05) is 6.07 Å². The van der Waals surface area contributed by atoms with Crippen molar-refractivity contribution in [3.63, 3.8) is 0 Å². The number of pyridine rings is 2. The third-order valence-corrected chi connectivity index (χ3v) is 5.16. The summed E-state index contributed by atoms with van der Waals surface area (Å²) in [5, 5.41) is 7.22. The van der Waals surface area contributed by atoms with Gasteiger partial charge >= 0.3 is 0 Å². The molecule has 0 radical (unpaired) electrons. The molecule has 0 aliphatic carbocycles. The Morgan fingerprint density at radius 3 is 2.77 bits per heavy atom. The SMILES string of the molecule is CC(C)N(Cc1cnn(C)c1)C(=O)c1cnc2c(c1)N(Cc1ccccn1)C(=O)CN2. The van der Waals surface area contributed by atoms with Gasteiger partial charge in [0, 0.05) is 43.8 Å². The van der Waals surface area contributed by atoms with Crippen LogP contribution >= 0.6 is 0 Å². The maximum atomic E-state index is 13.4. The van der Waals surface area contributed by atoms with Crippen LogP contribution in [-0.4, -0.2) is 49.0 Å². The number of nitrogens with zero attached hydrogens (tertiary/aromatic N) is 6. The van der Waals surface area contributed by atoms with E-state index in [1.165, 1.54) is 0 Å². The summed E-state index contributed by atoms with van der Waals surface area (Å²) in [5.74, 6) is 0.334. The number of nitrogens with one attached hydrogen (secondary N) is 1. The molecular weight excluding hydrogens is 394 g/mol. The lowest BCUT2D eigenvalue weighted by atomic mass is 10.1. The Morgan fingerprint density at radius 2 is 2.10 bits per heavy atom. The lowest BCUT2D eigenvalue weighted by Gasteiger charge is -2.30. The van der Waals surface area contributed by atoms with Crippen LogP contribution in [0.4, 0.5) is 11.5 Å². The molecule has 1 aliphatic rings. The highest BCUT2D eigenvalue weighted by Gasteiger charge is 2.28. The van der Waals surface area contributed by atoms with Crippen molar-refractivity contribution in [1.29, 1.82) is 0 Å². The summed E-state index contributed by atoms with van der Waals surface area (Å²) in [6.07, 6.45) is 6.90. The number of amides is 2. The van der Waals surface area contributed by atoms with Crippen molar-refractivity contribution in [2.75, 3.05) is 16.8 Å². The monoisotopic (exact) mass is 419 g/mol. The third kappa shape index (κ3) is 4.40. The van der Waals surface area contributed by atoms with Crippen molar-refractivity contribution < 1.29 is 9.59 Å². The second-order valence-electron chi connectivity index (χ2n) is 7.80. The zero-order valence-corrected chi connectivity index (χ0v) is 17.8. The molecule has 4 rings (SSSR count). The van der Waals surface area contributed by atoms with E-state index in [0.717, 1.165) is 11.3 Å². The highest BCUT2D eigenvalue weighted by molar-refractivity contribution is 6.04. The molecule has 9 heteroatoms. The van der Waals surface area contributed by atoms with Crippen LogP contribution in [-0.2, 0) is 24.9 Å². The molecule has 1 aliphatic heterocycles. The maximum absolute atomic E-state index is 13.4. The van der Waals surface area contributed by atoms with Crippen LogP contribution in [0.3, 0.4) is 0 Å². The molecule has 3 aromatic heterocycles. The van der Waals surface area contributed by atoms with Crippen LogP contribution in [0.5, 0.6) is 0 Å².